The van der Waals surface area contributed by atoms with Crippen LogP contribution in [0.2, 0.25) is 0 Å². The van der Waals surface area contributed by atoms with Gasteiger partial charge in [0.25, 0.3) is 0 Å². The first-order chi connectivity index (χ1) is 17.9. The van der Waals surface area contributed by atoms with Crippen molar-refractivity contribution >= 4 is 0 Å². The Bertz CT molecular complexity index is 1180. The third-order valence-corrected chi connectivity index (χ3v) is 7.70. The molecule has 0 spiro atoms. The van der Waals surface area contributed by atoms with E-state index < -0.39 is 23.3 Å². The summed E-state index contributed by atoms with van der Waals surface area (Å²) in [5.74, 6) is -2.09. The highest BCUT2D eigenvalue weighted by Crippen LogP contribution is 2.40. The summed E-state index contributed by atoms with van der Waals surface area (Å²) < 4.78 is 64.6. The molecule has 0 aromatic heterocycles. The summed E-state index contributed by atoms with van der Waals surface area (Å²) in [6.07, 6.45) is 8.52. The van der Waals surface area contributed by atoms with Crippen molar-refractivity contribution in [2.75, 3.05) is 0 Å². The summed E-state index contributed by atoms with van der Waals surface area (Å²) in [5.41, 5.74) is 1.71. The molecule has 3 aromatic rings. The second-order valence-corrected chi connectivity index (χ2v) is 10.3. The molecule has 0 heterocycles. The van der Waals surface area contributed by atoms with E-state index in [1.807, 2.05) is 6.92 Å². The molecule has 1 nitrogen and oxygen atoms in total. The Balaban J connectivity index is 1.41. The van der Waals surface area contributed by atoms with E-state index in [0.29, 0.717) is 34.8 Å². The van der Waals surface area contributed by atoms with Crippen molar-refractivity contribution in [3.8, 4) is 16.9 Å². The second kappa shape index (κ2) is 12.6. The quantitative estimate of drug-likeness (QED) is 0.246. The van der Waals surface area contributed by atoms with Crippen molar-refractivity contribution in [1.82, 2.24) is 0 Å². The topological polar surface area (TPSA) is 9.23 Å². The highest BCUT2D eigenvalue weighted by Gasteiger charge is 2.26. The van der Waals surface area contributed by atoms with Gasteiger partial charge in [-0.25, -0.2) is 17.6 Å². The molecule has 0 atom stereocenters. The number of benzene rings is 3. The number of hydrogen-bond acceptors (Lipinski definition) is 1. The SMILES string of the molecule is CCCCc1ccc(COc2ccc(-c3ccc(C4CCC(CCC)CC4)c(F)c3F)cc2)c(F)c1F. The average molecular weight is 513 g/mol. The number of aryl methyl sites for hydroxylation is 1. The maximum atomic E-state index is 15.1. The minimum absolute atomic E-state index is 0.0679. The zero-order valence-electron chi connectivity index (χ0n) is 21.8. The summed E-state index contributed by atoms with van der Waals surface area (Å²) >= 11 is 0. The Labute approximate surface area is 217 Å². The fraction of sp³-hybridized carbons (Fsp3) is 0.438. The van der Waals surface area contributed by atoms with E-state index in [9.17, 15) is 8.78 Å². The van der Waals surface area contributed by atoms with Crippen molar-refractivity contribution < 1.29 is 22.3 Å². The highest BCUT2D eigenvalue weighted by molar-refractivity contribution is 5.65. The summed E-state index contributed by atoms with van der Waals surface area (Å²) in [5, 5.41) is 0. The van der Waals surface area contributed by atoms with Gasteiger partial charge in [-0.2, -0.15) is 0 Å². The van der Waals surface area contributed by atoms with E-state index in [-0.39, 0.29) is 23.7 Å². The van der Waals surface area contributed by atoms with Crippen LogP contribution in [0.25, 0.3) is 11.1 Å². The van der Waals surface area contributed by atoms with Crippen LogP contribution in [0.1, 0.15) is 87.8 Å². The Kier molecular flexibility index (Phi) is 9.28. The molecule has 1 aliphatic rings. The van der Waals surface area contributed by atoms with Gasteiger partial charge < -0.3 is 4.74 Å². The first-order valence-electron chi connectivity index (χ1n) is 13.6. The van der Waals surface area contributed by atoms with Gasteiger partial charge >= 0.3 is 0 Å². The molecule has 3 aromatic carbocycles. The molecule has 37 heavy (non-hydrogen) atoms. The maximum Gasteiger partial charge on any atom is 0.166 e. The Hall–Kier alpha value is -2.82. The van der Waals surface area contributed by atoms with Gasteiger partial charge in [-0.1, -0.05) is 69.5 Å². The first-order valence-corrected chi connectivity index (χ1v) is 13.6. The lowest BCUT2D eigenvalue weighted by atomic mass is 9.77. The molecule has 1 saturated carbocycles. The summed E-state index contributed by atoms with van der Waals surface area (Å²) in [6.45, 7) is 4.06. The van der Waals surface area contributed by atoms with Gasteiger partial charge in [0.1, 0.15) is 12.4 Å². The maximum absolute atomic E-state index is 15.1. The lowest BCUT2D eigenvalue weighted by molar-refractivity contribution is 0.297. The molecule has 198 valence electrons. The highest BCUT2D eigenvalue weighted by atomic mass is 19.2. The Morgan fingerprint density at radius 2 is 1.38 bits per heavy atom. The monoisotopic (exact) mass is 512 g/mol. The molecule has 4 rings (SSSR count). The van der Waals surface area contributed by atoms with Gasteiger partial charge in [-0.15, -0.1) is 0 Å². The Morgan fingerprint density at radius 1 is 0.703 bits per heavy atom. The molecule has 0 N–H and O–H groups in total. The van der Waals surface area contributed by atoms with Crippen LogP contribution in [0.3, 0.4) is 0 Å². The van der Waals surface area contributed by atoms with Gasteiger partial charge in [0.15, 0.2) is 23.3 Å². The zero-order chi connectivity index (χ0) is 26.4. The van der Waals surface area contributed by atoms with E-state index in [1.165, 1.54) is 12.8 Å². The van der Waals surface area contributed by atoms with E-state index in [4.69, 9.17) is 4.74 Å². The smallest absolute Gasteiger partial charge is 0.166 e. The van der Waals surface area contributed by atoms with Gasteiger partial charge in [0.2, 0.25) is 0 Å². The lowest BCUT2D eigenvalue weighted by Crippen LogP contribution is -2.14. The van der Waals surface area contributed by atoms with Crippen LogP contribution in [0, 0.1) is 29.2 Å². The predicted octanol–water partition coefficient (Wildman–Crippen LogP) is 9.91. The fourth-order valence-corrected chi connectivity index (χ4v) is 5.47. The third-order valence-electron chi connectivity index (χ3n) is 7.70. The number of ether oxygens (including phenoxy) is 1. The van der Waals surface area contributed by atoms with Crippen LogP contribution in [0.15, 0.2) is 48.5 Å². The largest absolute Gasteiger partial charge is 0.489 e. The van der Waals surface area contributed by atoms with Gasteiger partial charge in [0, 0.05) is 11.1 Å². The minimum Gasteiger partial charge on any atom is -0.489 e. The fourth-order valence-electron chi connectivity index (χ4n) is 5.47. The molecule has 0 aliphatic heterocycles. The van der Waals surface area contributed by atoms with Crippen LogP contribution in [0.4, 0.5) is 17.6 Å². The van der Waals surface area contributed by atoms with E-state index in [1.54, 1.807) is 48.5 Å². The van der Waals surface area contributed by atoms with Crippen LogP contribution in [-0.2, 0) is 13.0 Å². The normalized spacial score (nSPS) is 17.7. The summed E-state index contributed by atoms with van der Waals surface area (Å²) in [6, 6.07) is 13.1. The molecule has 1 fully saturated rings. The van der Waals surface area contributed by atoms with Gasteiger partial charge in [0.05, 0.1) is 0 Å². The Morgan fingerprint density at radius 3 is 2.05 bits per heavy atom. The molecule has 0 unspecified atom stereocenters. The number of hydrogen-bond donors (Lipinski definition) is 0. The molecule has 0 amide bonds. The standard InChI is InChI=1S/C32H36F4O/c1-3-5-7-24-12-13-25(30(34)29(24)33)20-37-26-16-14-23(15-17-26)28-19-18-27(31(35)32(28)36)22-10-8-21(6-4-2)9-11-22/h12-19,21-22H,3-11,20H2,1-2H3. The van der Waals surface area contributed by atoms with E-state index in [0.717, 1.165) is 38.5 Å². The lowest BCUT2D eigenvalue weighted by Gasteiger charge is -2.29. The van der Waals surface area contributed by atoms with Crippen molar-refractivity contribution in [3.63, 3.8) is 0 Å². The predicted molar refractivity (Wildman–Crippen MR) is 141 cm³/mol. The number of halogens is 4. The van der Waals surface area contributed by atoms with Gasteiger partial charge in [-0.05, 0) is 79.2 Å². The molecule has 0 bridgehead atoms. The van der Waals surface area contributed by atoms with Crippen molar-refractivity contribution in [2.24, 2.45) is 5.92 Å². The van der Waals surface area contributed by atoms with Crippen LogP contribution >= 0.6 is 0 Å². The van der Waals surface area contributed by atoms with Crippen LogP contribution in [-0.4, -0.2) is 0 Å². The summed E-state index contributed by atoms with van der Waals surface area (Å²) in [4.78, 5) is 0. The zero-order valence-corrected chi connectivity index (χ0v) is 21.8. The van der Waals surface area contributed by atoms with Crippen molar-refractivity contribution in [3.05, 3.63) is 88.5 Å². The van der Waals surface area contributed by atoms with Crippen LogP contribution in [0.5, 0.6) is 5.75 Å². The average Bonchev–Trinajstić information content (AvgIpc) is 2.92. The molecule has 5 heteroatoms. The third kappa shape index (κ3) is 6.37. The minimum atomic E-state index is -0.887. The van der Waals surface area contributed by atoms with Crippen LogP contribution < -0.4 is 4.74 Å². The second-order valence-electron chi connectivity index (χ2n) is 10.3. The number of unbranched alkanes of at least 4 members (excludes halogenated alkanes) is 1. The molecule has 1 aliphatic carbocycles. The number of rotatable bonds is 10. The van der Waals surface area contributed by atoms with Crippen molar-refractivity contribution in [1.29, 1.82) is 0 Å². The summed E-state index contributed by atoms with van der Waals surface area (Å²) in [7, 11) is 0. The molecular weight excluding hydrogens is 476 g/mol. The van der Waals surface area contributed by atoms with Gasteiger partial charge in [-0.3, -0.25) is 0 Å². The first kappa shape index (κ1) is 27.2. The van der Waals surface area contributed by atoms with Crippen molar-refractivity contribution in [2.45, 2.75) is 84.2 Å². The molecule has 0 saturated heterocycles. The van der Waals surface area contributed by atoms with E-state index >= 15 is 8.78 Å². The molecular formula is C32H36F4O. The van der Waals surface area contributed by atoms with E-state index in [2.05, 4.69) is 6.92 Å². The molecule has 0 radical (unpaired) electrons.